The standard InChI is InChI=1S/C12H11FN2OS/c1-8(16)10-6-9(13)2-3-11(10)17-12-4-5-14-7-15-12/h2-8,16H,1H3/t8-/m1/s1. The van der Waals surface area contributed by atoms with Gasteiger partial charge in [-0.2, -0.15) is 0 Å². The summed E-state index contributed by atoms with van der Waals surface area (Å²) >= 11 is 1.37. The van der Waals surface area contributed by atoms with E-state index in [4.69, 9.17) is 0 Å². The fraction of sp³-hybridized carbons (Fsp3) is 0.167. The van der Waals surface area contributed by atoms with Gasteiger partial charge in [0.1, 0.15) is 17.2 Å². The highest BCUT2D eigenvalue weighted by Gasteiger charge is 2.11. The Bertz CT molecular complexity index is 505. The molecular weight excluding hydrogens is 239 g/mol. The van der Waals surface area contributed by atoms with E-state index in [1.165, 1.54) is 30.2 Å². The maximum absolute atomic E-state index is 13.1. The van der Waals surface area contributed by atoms with E-state index < -0.39 is 6.10 Å². The molecule has 88 valence electrons. The number of halogens is 1. The van der Waals surface area contributed by atoms with Crippen LogP contribution >= 0.6 is 11.8 Å². The van der Waals surface area contributed by atoms with Gasteiger partial charge >= 0.3 is 0 Å². The van der Waals surface area contributed by atoms with Crippen LogP contribution in [0.5, 0.6) is 0 Å². The van der Waals surface area contributed by atoms with E-state index in [2.05, 4.69) is 9.97 Å². The number of rotatable bonds is 3. The summed E-state index contributed by atoms with van der Waals surface area (Å²) in [5, 5.41) is 10.4. The fourth-order valence-corrected chi connectivity index (χ4v) is 2.33. The van der Waals surface area contributed by atoms with Crippen LogP contribution < -0.4 is 0 Å². The average Bonchev–Trinajstić information content (AvgIpc) is 2.32. The molecule has 0 saturated carbocycles. The third-order valence-electron chi connectivity index (χ3n) is 2.19. The lowest BCUT2D eigenvalue weighted by Gasteiger charge is -2.11. The Balaban J connectivity index is 2.33. The molecule has 0 fully saturated rings. The van der Waals surface area contributed by atoms with Crippen LogP contribution in [0.4, 0.5) is 4.39 Å². The first-order valence-electron chi connectivity index (χ1n) is 5.08. The van der Waals surface area contributed by atoms with Crippen molar-refractivity contribution in [3.8, 4) is 0 Å². The average molecular weight is 250 g/mol. The van der Waals surface area contributed by atoms with Crippen LogP contribution in [0.25, 0.3) is 0 Å². The number of aliphatic hydroxyl groups excluding tert-OH is 1. The van der Waals surface area contributed by atoms with Crippen molar-refractivity contribution >= 4 is 11.8 Å². The second-order valence-electron chi connectivity index (χ2n) is 3.51. The van der Waals surface area contributed by atoms with Crippen molar-refractivity contribution in [3.05, 3.63) is 48.2 Å². The molecule has 0 aliphatic rings. The molecule has 5 heteroatoms. The quantitative estimate of drug-likeness (QED) is 0.851. The van der Waals surface area contributed by atoms with Crippen LogP contribution in [0.3, 0.4) is 0 Å². The van der Waals surface area contributed by atoms with Crippen LogP contribution in [-0.4, -0.2) is 15.1 Å². The Kier molecular flexibility index (Phi) is 3.71. The van der Waals surface area contributed by atoms with Crippen LogP contribution in [0.1, 0.15) is 18.6 Å². The maximum atomic E-state index is 13.1. The van der Waals surface area contributed by atoms with Crippen molar-refractivity contribution in [2.24, 2.45) is 0 Å². The highest BCUT2D eigenvalue weighted by atomic mass is 32.2. The molecular formula is C12H11FN2OS. The van der Waals surface area contributed by atoms with Gasteiger partial charge in [0.2, 0.25) is 0 Å². The minimum Gasteiger partial charge on any atom is -0.389 e. The summed E-state index contributed by atoms with van der Waals surface area (Å²) in [5.41, 5.74) is 0.564. The van der Waals surface area contributed by atoms with Crippen molar-refractivity contribution in [1.29, 1.82) is 0 Å². The maximum Gasteiger partial charge on any atom is 0.123 e. The molecule has 0 unspecified atom stereocenters. The molecule has 2 rings (SSSR count). The van der Waals surface area contributed by atoms with Crippen molar-refractivity contribution in [2.45, 2.75) is 22.9 Å². The van der Waals surface area contributed by atoms with Crippen LogP contribution in [0.2, 0.25) is 0 Å². The molecule has 3 nitrogen and oxygen atoms in total. The molecule has 0 aliphatic carbocycles. The summed E-state index contributed by atoms with van der Waals surface area (Å²) in [6.45, 7) is 1.61. The summed E-state index contributed by atoms with van der Waals surface area (Å²) in [7, 11) is 0. The van der Waals surface area contributed by atoms with Gasteiger partial charge in [-0.15, -0.1) is 0 Å². The van der Waals surface area contributed by atoms with Crippen LogP contribution in [0.15, 0.2) is 46.7 Å². The molecule has 1 aromatic heterocycles. The summed E-state index contributed by atoms with van der Waals surface area (Å²) < 4.78 is 13.1. The monoisotopic (exact) mass is 250 g/mol. The van der Waals surface area contributed by atoms with Crippen LogP contribution in [-0.2, 0) is 0 Å². The topological polar surface area (TPSA) is 46.0 Å². The van der Waals surface area contributed by atoms with Crippen molar-refractivity contribution in [1.82, 2.24) is 9.97 Å². The van der Waals surface area contributed by atoms with Gasteiger partial charge in [-0.1, -0.05) is 11.8 Å². The normalized spacial score (nSPS) is 12.4. The van der Waals surface area contributed by atoms with E-state index in [9.17, 15) is 9.50 Å². The second-order valence-corrected chi connectivity index (χ2v) is 4.57. The molecule has 0 saturated heterocycles. The number of aromatic nitrogens is 2. The Labute approximate surface area is 103 Å². The highest BCUT2D eigenvalue weighted by Crippen LogP contribution is 2.32. The minimum absolute atomic E-state index is 0.354. The molecule has 0 spiro atoms. The lowest BCUT2D eigenvalue weighted by molar-refractivity contribution is 0.196. The van der Waals surface area contributed by atoms with Crippen molar-refractivity contribution in [3.63, 3.8) is 0 Å². The fourth-order valence-electron chi connectivity index (χ4n) is 1.39. The van der Waals surface area contributed by atoms with E-state index in [1.807, 2.05) is 0 Å². The first-order valence-corrected chi connectivity index (χ1v) is 5.90. The van der Waals surface area contributed by atoms with Gasteiger partial charge in [-0.3, -0.25) is 0 Å². The van der Waals surface area contributed by atoms with Crippen molar-refractivity contribution in [2.75, 3.05) is 0 Å². The van der Waals surface area contributed by atoms with Gasteiger partial charge < -0.3 is 5.11 Å². The zero-order chi connectivity index (χ0) is 12.3. The largest absolute Gasteiger partial charge is 0.389 e. The lowest BCUT2D eigenvalue weighted by Crippen LogP contribution is -1.95. The minimum atomic E-state index is -0.713. The zero-order valence-electron chi connectivity index (χ0n) is 9.17. The van der Waals surface area contributed by atoms with Gasteiger partial charge in [0.05, 0.1) is 6.10 Å². The SMILES string of the molecule is C[C@@H](O)c1cc(F)ccc1Sc1ccncn1. The molecule has 0 radical (unpaired) electrons. The zero-order valence-corrected chi connectivity index (χ0v) is 9.99. The number of benzene rings is 1. The van der Waals surface area contributed by atoms with Gasteiger partial charge in [-0.05, 0) is 36.8 Å². The van der Waals surface area contributed by atoms with E-state index in [0.29, 0.717) is 5.56 Å². The molecule has 1 aromatic carbocycles. The summed E-state index contributed by atoms with van der Waals surface area (Å²) in [6.07, 6.45) is 2.38. The Morgan fingerprint density at radius 3 is 2.82 bits per heavy atom. The van der Waals surface area contributed by atoms with E-state index in [-0.39, 0.29) is 5.82 Å². The van der Waals surface area contributed by atoms with E-state index in [1.54, 1.807) is 25.3 Å². The van der Waals surface area contributed by atoms with Gasteiger partial charge in [-0.25, -0.2) is 14.4 Å². The molecule has 1 N–H and O–H groups in total. The molecule has 1 atom stereocenters. The Hall–Kier alpha value is -1.46. The molecule has 2 aromatic rings. The Morgan fingerprint density at radius 2 is 2.18 bits per heavy atom. The predicted molar refractivity (Wildman–Crippen MR) is 63.2 cm³/mol. The number of hydrogen-bond acceptors (Lipinski definition) is 4. The number of aliphatic hydroxyl groups is 1. The highest BCUT2D eigenvalue weighted by molar-refractivity contribution is 7.99. The van der Waals surface area contributed by atoms with Crippen LogP contribution in [0, 0.1) is 5.82 Å². The predicted octanol–water partition coefficient (Wildman–Crippen LogP) is 2.82. The van der Waals surface area contributed by atoms with Crippen molar-refractivity contribution < 1.29 is 9.50 Å². The molecule has 1 heterocycles. The first kappa shape index (κ1) is 12.0. The van der Waals surface area contributed by atoms with E-state index in [0.717, 1.165) is 9.92 Å². The van der Waals surface area contributed by atoms with Gasteiger partial charge in [0, 0.05) is 11.1 Å². The molecule has 17 heavy (non-hydrogen) atoms. The Morgan fingerprint density at radius 1 is 1.35 bits per heavy atom. The third-order valence-corrected chi connectivity index (χ3v) is 3.23. The summed E-state index contributed by atoms with van der Waals surface area (Å²) in [5.74, 6) is -0.354. The second kappa shape index (κ2) is 5.25. The molecule has 0 aliphatic heterocycles. The smallest absolute Gasteiger partial charge is 0.123 e. The molecule has 0 amide bonds. The number of nitrogens with zero attached hydrogens (tertiary/aromatic N) is 2. The number of hydrogen-bond donors (Lipinski definition) is 1. The first-order chi connectivity index (χ1) is 8.16. The third kappa shape index (κ3) is 3.01. The summed E-state index contributed by atoms with van der Waals surface area (Å²) in [6, 6.07) is 6.12. The van der Waals surface area contributed by atoms with E-state index >= 15 is 0 Å². The summed E-state index contributed by atoms with van der Waals surface area (Å²) in [4.78, 5) is 8.69. The van der Waals surface area contributed by atoms with Gasteiger partial charge in [0.25, 0.3) is 0 Å². The molecule has 0 bridgehead atoms. The van der Waals surface area contributed by atoms with Gasteiger partial charge in [0.15, 0.2) is 0 Å². The lowest BCUT2D eigenvalue weighted by atomic mass is 10.1.